The van der Waals surface area contributed by atoms with E-state index in [1.165, 1.54) is 19.3 Å². The van der Waals surface area contributed by atoms with Crippen molar-refractivity contribution in [1.29, 1.82) is 0 Å². The number of nitrogens with one attached hydrogen (secondary N) is 1. The van der Waals surface area contributed by atoms with E-state index in [9.17, 15) is 13.9 Å². The number of hydrogen-bond donors (Lipinski definition) is 3. The molecule has 2 aromatic heterocycles. The van der Waals surface area contributed by atoms with Gasteiger partial charge in [-0.05, 0) is 36.5 Å². The Hall–Kier alpha value is -2.85. The first kappa shape index (κ1) is 26.2. The Kier molecular flexibility index (Phi) is 9.03. The summed E-state index contributed by atoms with van der Waals surface area (Å²) in [5, 5.41) is 17.7. The predicted molar refractivity (Wildman–Crippen MR) is 138 cm³/mol. The van der Waals surface area contributed by atoms with Crippen molar-refractivity contribution in [2.75, 3.05) is 30.3 Å². The van der Waals surface area contributed by atoms with Crippen molar-refractivity contribution >= 4 is 22.8 Å². The highest BCUT2D eigenvalue weighted by Crippen LogP contribution is 2.28. The summed E-state index contributed by atoms with van der Waals surface area (Å²) in [6, 6.07) is 5.76. The smallest absolute Gasteiger partial charge is 0.264 e. The molecule has 0 amide bonds. The minimum absolute atomic E-state index is 0.0215. The fourth-order valence-corrected chi connectivity index (χ4v) is 4.90. The van der Waals surface area contributed by atoms with E-state index in [4.69, 9.17) is 5.73 Å². The molecule has 0 radical (unpaired) electrons. The second-order valence-electron chi connectivity index (χ2n) is 9.58. The molecule has 8 nitrogen and oxygen atoms in total. The summed E-state index contributed by atoms with van der Waals surface area (Å²) in [5.41, 5.74) is 8.44. The van der Waals surface area contributed by atoms with Crippen molar-refractivity contribution in [1.82, 2.24) is 25.1 Å². The quantitative estimate of drug-likeness (QED) is 0.337. The first-order chi connectivity index (χ1) is 17.5. The number of aliphatic hydroxyl groups is 1. The highest BCUT2D eigenvalue weighted by Gasteiger charge is 2.19. The van der Waals surface area contributed by atoms with Gasteiger partial charge in [-0.15, -0.1) is 0 Å². The summed E-state index contributed by atoms with van der Waals surface area (Å²) in [5.74, 6) is 0.663. The first-order valence-electron chi connectivity index (χ1n) is 13.0. The lowest BCUT2D eigenvalue weighted by molar-refractivity contribution is 0.150. The minimum atomic E-state index is -2.58. The summed E-state index contributed by atoms with van der Waals surface area (Å²) >= 11 is 0. The maximum Gasteiger partial charge on any atom is 0.264 e. The van der Waals surface area contributed by atoms with Crippen LogP contribution in [0.3, 0.4) is 0 Å². The SMILES string of the molecule is CCCCN(CCO)c1nc(N)nc2cn(Cc3ccc(CNC4CCCCC4)cc3C(F)F)nc12. The molecule has 196 valence electrons. The van der Waals surface area contributed by atoms with Gasteiger partial charge in [0.1, 0.15) is 5.52 Å². The molecule has 1 aliphatic carbocycles. The molecular formula is C26H37F2N7O. The van der Waals surface area contributed by atoms with Gasteiger partial charge in [0.15, 0.2) is 11.3 Å². The molecule has 0 unspecified atom stereocenters. The second-order valence-corrected chi connectivity index (χ2v) is 9.58. The summed E-state index contributed by atoms with van der Waals surface area (Å²) in [4.78, 5) is 10.6. The number of hydrogen-bond acceptors (Lipinski definition) is 7. The van der Waals surface area contributed by atoms with Crippen LogP contribution in [0.15, 0.2) is 24.4 Å². The van der Waals surface area contributed by atoms with Crippen molar-refractivity contribution in [2.45, 2.75) is 77.4 Å². The fourth-order valence-electron chi connectivity index (χ4n) is 4.90. The van der Waals surface area contributed by atoms with Gasteiger partial charge in [0.2, 0.25) is 5.95 Å². The molecule has 0 bridgehead atoms. The highest BCUT2D eigenvalue weighted by molar-refractivity contribution is 5.86. The molecule has 0 aliphatic heterocycles. The third-order valence-electron chi connectivity index (χ3n) is 6.84. The Labute approximate surface area is 210 Å². The second kappa shape index (κ2) is 12.4. The lowest BCUT2D eigenvalue weighted by Gasteiger charge is -2.23. The van der Waals surface area contributed by atoms with E-state index >= 15 is 0 Å². The number of benzene rings is 1. The molecule has 3 aromatic rings. The van der Waals surface area contributed by atoms with Gasteiger partial charge < -0.3 is 21.1 Å². The monoisotopic (exact) mass is 501 g/mol. The predicted octanol–water partition coefficient (Wildman–Crippen LogP) is 4.42. The fraction of sp³-hybridized carbons (Fsp3) is 0.577. The van der Waals surface area contributed by atoms with Crippen molar-refractivity contribution in [3.8, 4) is 0 Å². The topological polar surface area (TPSA) is 105 Å². The van der Waals surface area contributed by atoms with Crippen molar-refractivity contribution in [2.24, 2.45) is 0 Å². The van der Waals surface area contributed by atoms with Gasteiger partial charge in [0.25, 0.3) is 6.43 Å². The molecule has 36 heavy (non-hydrogen) atoms. The van der Waals surface area contributed by atoms with E-state index < -0.39 is 6.43 Å². The minimum Gasteiger partial charge on any atom is -0.395 e. The lowest BCUT2D eigenvalue weighted by Crippen LogP contribution is -2.30. The number of halogens is 2. The Bertz CT molecular complexity index is 1130. The Morgan fingerprint density at radius 3 is 2.72 bits per heavy atom. The van der Waals surface area contributed by atoms with Gasteiger partial charge in [0, 0.05) is 31.2 Å². The summed E-state index contributed by atoms with van der Waals surface area (Å²) in [6.07, 6.45) is 7.07. The number of alkyl halides is 2. The molecule has 0 spiro atoms. The molecule has 2 heterocycles. The molecule has 10 heteroatoms. The number of unbranched alkanes of at least 4 members (excludes halogenated alkanes) is 1. The summed E-state index contributed by atoms with van der Waals surface area (Å²) in [6.45, 7) is 3.92. The molecule has 1 aliphatic rings. The molecule has 1 aromatic carbocycles. The third kappa shape index (κ3) is 6.47. The molecule has 1 saturated carbocycles. The Morgan fingerprint density at radius 1 is 1.19 bits per heavy atom. The molecule has 0 atom stereocenters. The average molecular weight is 502 g/mol. The van der Waals surface area contributed by atoms with Gasteiger partial charge in [-0.2, -0.15) is 10.1 Å². The summed E-state index contributed by atoms with van der Waals surface area (Å²) in [7, 11) is 0. The van der Waals surface area contributed by atoms with Gasteiger partial charge in [0.05, 0.1) is 19.3 Å². The number of fused-ring (bicyclic) bond motifs is 1. The number of nitrogens with zero attached hydrogens (tertiary/aromatic N) is 5. The lowest BCUT2D eigenvalue weighted by atomic mass is 9.95. The van der Waals surface area contributed by atoms with Crippen LogP contribution in [-0.2, 0) is 13.1 Å². The van der Waals surface area contributed by atoms with Crippen LogP contribution in [-0.4, -0.2) is 50.6 Å². The maximum atomic E-state index is 14.0. The van der Waals surface area contributed by atoms with Crippen LogP contribution in [0.1, 0.15) is 75.0 Å². The molecule has 4 rings (SSSR count). The molecular weight excluding hydrogens is 464 g/mol. The molecule has 1 fully saturated rings. The van der Waals surface area contributed by atoms with Crippen molar-refractivity contribution in [3.63, 3.8) is 0 Å². The number of rotatable bonds is 12. The zero-order chi connectivity index (χ0) is 25.5. The standard InChI is InChI=1S/C26H37F2N7O/c1-2-3-11-34(12-13-36)25-23-22(31-26(29)32-25)17-35(33-23)16-19-10-9-18(14-21(19)24(27)28)15-30-20-7-5-4-6-8-20/h9-10,14,17,20,24,30,36H,2-8,11-13,15-16H2,1H3,(H2,29,31). The summed E-state index contributed by atoms with van der Waals surface area (Å²) < 4.78 is 29.6. The van der Waals surface area contributed by atoms with E-state index in [2.05, 4.69) is 27.3 Å². The van der Waals surface area contributed by atoms with Crippen LogP contribution in [0, 0.1) is 0 Å². The van der Waals surface area contributed by atoms with Crippen LogP contribution in [0.2, 0.25) is 0 Å². The van der Waals surface area contributed by atoms with Crippen LogP contribution in [0.25, 0.3) is 11.0 Å². The van der Waals surface area contributed by atoms with E-state index in [1.807, 2.05) is 11.0 Å². The van der Waals surface area contributed by atoms with Crippen LogP contribution in [0.5, 0.6) is 0 Å². The van der Waals surface area contributed by atoms with Gasteiger partial charge >= 0.3 is 0 Å². The first-order valence-corrected chi connectivity index (χ1v) is 13.0. The number of nitrogen functional groups attached to an aromatic ring is 1. The van der Waals surface area contributed by atoms with Gasteiger partial charge in [-0.1, -0.05) is 44.7 Å². The van der Waals surface area contributed by atoms with Crippen LogP contribution < -0.4 is 16.0 Å². The highest BCUT2D eigenvalue weighted by atomic mass is 19.3. The number of anilines is 2. The zero-order valence-corrected chi connectivity index (χ0v) is 21.0. The van der Waals surface area contributed by atoms with Gasteiger partial charge in [-0.25, -0.2) is 13.8 Å². The number of nitrogens with two attached hydrogens (primary N) is 1. The molecule has 4 N–H and O–H groups in total. The van der Waals surface area contributed by atoms with E-state index in [-0.39, 0.29) is 24.7 Å². The van der Waals surface area contributed by atoms with Crippen LogP contribution >= 0.6 is 0 Å². The van der Waals surface area contributed by atoms with Crippen LogP contribution in [0.4, 0.5) is 20.5 Å². The molecule has 0 saturated heterocycles. The van der Waals surface area contributed by atoms with Crippen molar-refractivity contribution in [3.05, 3.63) is 41.1 Å². The van der Waals surface area contributed by atoms with Gasteiger partial charge in [-0.3, -0.25) is 4.68 Å². The third-order valence-corrected chi connectivity index (χ3v) is 6.84. The number of aliphatic hydroxyl groups excluding tert-OH is 1. The zero-order valence-electron chi connectivity index (χ0n) is 21.0. The normalized spacial score (nSPS) is 14.7. The number of aromatic nitrogens is 4. The Balaban J connectivity index is 1.56. The van der Waals surface area contributed by atoms with E-state index in [1.54, 1.807) is 23.0 Å². The van der Waals surface area contributed by atoms with Crippen molar-refractivity contribution < 1.29 is 13.9 Å². The average Bonchev–Trinajstić information content (AvgIpc) is 3.28. The van der Waals surface area contributed by atoms with E-state index in [0.29, 0.717) is 48.1 Å². The van der Waals surface area contributed by atoms with E-state index in [0.717, 1.165) is 31.2 Å². The maximum absolute atomic E-state index is 14.0. The largest absolute Gasteiger partial charge is 0.395 e. The Morgan fingerprint density at radius 2 is 2.00 bits per heavy atom.